The summed E-state index contributed by atoms with van der Waals surface area (Å²) in [5.41, 5.74) is -1.27. The minimum absolute atomic E-state index is 0.0317. The number of benzene rings is 1. The average molecular weight is 264 g/mol. The van der Waals surface area contributed by atoms with E-state index >= 15 is 0 Å². The maximum absolute atomic E-state index is 14.0. The van der Waals surface area contributed by atoms with Gasteiger partial charge in [0, 0.05) is 5.56 Å². The first kappa shape index (κ1) is 11.6. The van der Waals surface area contributed by atoms with E-state index in [0.717, 1.165) is 6.07 Å². The second kappa shape index (κ2) is 3.53. The predicted octanol–water partition coefficient (Wildman–Crippen LogP) is 0.505. The fourth-order valence-electron chi connectivity index (χ4n) is 2.82. The Balaban J connectivity index is 2.26. The molecule has 1 aliphatic carbocycles. The van der Waals surface area contributed by atoms with E-state index in [1.165, 1.54) is 6.07 Å². The van der Waals surface area contributed by atoms with Gasteiger partial charge in [-0.25, -0.2) is 14.0 Å². The van der Waals surface area contributed by atoms with Crippen molar-refractivity contribution in [2.45, 2.75) is 18.4 Å². The van der Waals surface area contributed by atoms with Crippen molar-refractivity contribution in [3.05, 3.63) is 34.6 Å². The Morgan fingerprint density at radius 1 is 1.37 bits per heavy atom. The molecule has 3 N–H and O–H groups in total. The van der Waals surface area contributed by atoms with Crippen molar-refractivity contribution in [3.63, 3.8) is 0 Å². The minimum atomic E-state index is -1.47. The average Bonchev–Trinajstić information content (AvgIpc) is 2.83. The highest BCUT2D eigenvalue weighted by Crippen LogP contribution is 2.42. The summed E-state index contributed by atoms with van der Waals surface area (Å²) in [6.45, 7) is 0. The number of rotatable bonds is 1. The van der Waals surface area contributed by atoms with Gasteiger partial charge >= 0.3 is 12.0 Å². The van der Waals surface area contributed by atoms with Gasteiger partial charge in [-0.05, 0) is 30.5 Å². The van der Waals surface area contributed by atoms with Gasteiger partial charge in [-0.1, -0.05) is 0 Å². The summed E-state index contributed by atoms with van der Waals surface area (Å²) >= 11 is 0. The van der Waals surface area contributed by atoms with Crippen LogP contribution >= 0.6 is 0 Å². The first-order valence-corrected chi connectivity index (χ1v) is 5.64. The third-order valence-corrected chi connectivity index (χ3v) is 3.61. The quantitative estimate of drug-likeness (QED) is 0.644. The molecule has 1 saturated heterocycles. The summed E-state index contributed by atoms with van der Waals surface area (Å²) in [5.74, 6) is -2.51. The number of amides is 3. The fourth-order valence-corrected chi connectivity index (χ4v) is 2.82. The van der Waals surface area contributed by atoms with Crippen molar-refractivity contribution in [2.24, 2.45) is 0 Å². The van der Waals surface area contributed by atoms with Crippen LogP contribution in [0.4, 0.5) is 9.18 Å². The van der Waals surface area contributed by atoms with Crippen LogP contribution in [0.1, 0.15) is 27.9 Å². The summed E-state index contributed by atoms with van der Waals surface area (Å²) in [7, 11) is 0. The van der Waals surface area contributed by atoms with Crippen LogP contribution in [0.2, 0.25) is 0 Å². The second-order valence-corrected chi connectivity index (χ2v) is 4.57. The van der Waals surface area contributed by atoms with Crippen LogP contribution in [0.15, 0.2) is 12.1 Å². The number of imide groups is 1. The van der Waals surface area contributed by atoms with Crippen molar-refractivity contribution >= 4 is 17.9 Å². The summed E-state index contributed by atoms with van der Waals surface area (Å²) in [6.07, 6.45) is 0.379. The Kier molecular flexibility index (Phi) is 2.16. The van der Waals surface area contributed by atoms with Crippen molar-refractivity contribution in [1.29, 1.82) is 0 Å². The number of carboxylic acid groups (broad SMARTS) is 1. The van der Waals surface area contributed by atoms with Crippen LogP contribution in [0, 0.1) is 5.82 Å². The number of carboxylic acids is 1. The van der Waals surface area contributed by atoms with Crippen LogP contribution < -0.4 is 10.6 Å². The van der Waals surface area contributed by atoms with Gasteiger partial charge in [0.25, 0.3) is 5.91 Å². The molecule has 0 aromatic heterocycles. The molecule has 1 spiro atoms. The molecule has 19 heavy (non-hydrogen) atoms. The van der Waals surface area contributed by atoms with Crippen molar-refractivity contribution in [3.8, 4) is 0 Å². The minimum Gasteiger partial charge on any atom is -0.478 e. The number of carbonyl (C=O) groups is 3. The molecule has 3 rings (SSSR count). The molecule has 1 aliphatic heterocycles. The molecular formula is C12H9FN2O4. The molecule has 98 valence electrons. The molecule has 1 unspecified atom stereocenters. The van der Waals surface area contributed by atoms with Gasteiger partial charge in [0.05, 0.1) is 5.56 Å². The van der Waals surface area contributed by atoms with E-state index in [0.29, 0.717) is 0 Å². The van der Waals surface area contributed by atoms with Crippen molar-refractivity contribution in [2.75, 3.05) is 0 Å². The SMILES string of the molecule is O=C1NC(=O)C2(CCc3c(C(=O)O)ccc(F)c32)N1. The zero-order valence-corrected chi connectivity index (χ0v) is 9.62. The molecule has 1 aromatic rings. The molecule has 1 aromatic carbocycles. The van der Waals surface area contributed by atoms with E-state index in [9.17, 15) is 18.8 Å². The molecule has 6 nitrogen and oxygen atoms in total. The fraction of sp³-hybridized carbons (Fsp3) is 0.250. The molecule has 2 aliphatic rings. The highest BCUT2D eigenvalue weighted by atomic mass is 19.1. The van der Waals surface area contributed by atoms with E-state index in [-0.39, 0.29) is 29.5 Å². The van der Waals surface area contributed by atoms with E-state index in [4.69, 9.17) is 5.11 Å². The zero-order valence-electron chi connectivity index (χ0n) is 9.62. The molecule has 0 saturated carbocycles. The van der Waals surface area contributed by atoms with Crippen LogP contribution in [-0.2, 0) is 16.8 Å². The van der Waals surface area contributed by atoms with Gasteiger partial charge in [0.15, 0.2) is 0 Å². The van der Waals surface area contributed by atoms with Crippen molar-refractivity contribution in [1.82, 2.24) is 10.6 Å². The number of hydrogen-bond acceptors (Lipinski definition) is 3. The number of halogens is 1. The summed E-state index contributed by atoms with van der Waals surface area (Å²) < 4.78 is 14.0. The van der Waals surface area contributed by atoms with Gasteiger partial charge in [-0.3, -0.25) is 10.1 Å². The maximum Gasteiger partial charge on any atom is 0.335 e. The smallest absolute Gasteiger partial charge is 0.335 e. The number of fused-ring (bicyclic) bond motifs is 2. The lowest BCUT2D eigenvalue weighted by molar-refractivity contribution is -0.124. The van der Waals surface area contributed by atoms with Gasteiger partial charge in [0.1, 0.15) is 11.4 Å². The Morgan fingerprint density at radius 2 is 2.11 bits per heavy atom. The predicted molar refractivity (Wildman–Crippen MR) is 60.0 cm³/mol. The largest absolute Gasteiger partial charge is 0.478 e. The van der Waals surface area contributed by atoms with Crippen LogP contribution in [0.5, 0.6) is 0 Å². The number of hydrogen-bond donors (Lipinski definition) is 3. The van der Waals surface area contributed by atoms with Crippen LogP contribution in [-0.4, -0.2) is 23.0 Å². The van der Waals surface area contributed by atoms with Crippen LogP contribution in [0.3, 0.4) is 0 Å². The first-order valence-electron chi connectivity index (χ1n) is 5.64. The summed E-state index contributed by atoms with van der Waals surface area (Å²) in [6, 6.07) is 1.48. The highest BCUT2D eigenvalue weighted by molar-refractivity contribution is 6.08. The molecule has 1 fully saturated rings. The van der Waals surface area contributed by atoms with Gasteiger partial charge in [-0.15, -0.1) is 0 Å². The Morgan fingerprint density at radius 3 is 2.68 bits per heavy atom. The molecule has 1 heterocycles. The van der Waals surface area contributed by atoms with E-state index in [1.54, 1.807) is 0 Å². The number of urea groups is 1. The van der Waals surface area contributed by atoms with Gasteiger partial charge < -0.3 is 10.4 Å². The lowest BCUT2D eigenvalue weighted by Crippen LogP contribution is -2.42. The summed E-state index contributed by atoms with van der Waals surface area (Å²) in [4.78, 5) is 34.3. The summed E-state index contributed by atoms with van der Waals surface area (Å²) in [5, 5.41) is 13.6. The number of aromatic carboxylic acids is 1. The normalized spacial score (nSPS) is 24.3. The standard InChI is InChI=1S/C12H9FN2O4/c13-7-2-1-6(9(16)17)5-3-4-12(8(5)7)10(18)14-11(19)15-12/h1-2H,3-4H2,(H,16,17)(H2,14,15,18,19). The third-order valence-electron chi connectivity index (χ3n) is 3.61. The van der Waals surface area contributed by atoms with E-state index < -0.39 is 29.3 Å². The maximum atomic E-state index is 14.0. The molecule has 3 amide bonds. The van der Waals surface area contributed by atoms with E-state index in [2.05, 4.69) is 10.6 Å². The lowest BCUT2D eigenvalue weighted by Gasteiger charge is -2.21. The molecule has 7 heteroatoms. The monoisotopic (exact) mass is 264 g/mol. The number of nitrogens with one attached hydrogen (secondary N) is 2. The van der Waals surface area contributed by atoms with Gasteiger partial charge in [-0.2, -0.15) is 0 Å². The molecule has 0 radical (unpaired) electrons. The third kappa shape index (κ3) is 1.38. The Labute approximate surface area is 106 Å². The van der Waals surface area contributed by atoms with Crippen LogP contribution in [0.25, 0.3) is 0 Å². The number of carbonyl (C=O) groups excluding carboxylic acids is 2. The van der Waals surface area contributed by atoms with Crippen molar-refractivity contribution < 1.29 is 23.9 Å². The highest BCUT2D eigenvalue weighted by Gasteiger charge is 2.53. The van der Waals surface area contributed by atoms with Gasteiger partial charge in [0.2, 0.25) is 0 Å². The molecule has 0 bridgehead atoms. The molecular weight excluding hydrogens is 255 g/mol. The Bertz CT molecular complexity index is 643. The second-order valence-electron chi connectivity index (χ2n) is 4.57. The Hall–Kier alpha value is -2.44. The van der Waals surface area contributed by atoms with E-state index in [1.807, 2.05) is 0 Å². The first-order chi connectivity index (χ1) is 8.95. The zero-order chi connectivity index (χ0) is 13.8. The topological polar surface area (TPSA) is 95.5 Å². The molecule has 1 atom stereocenters. The lowest BCUT2D eigenvalue weighted by atomic mass is 9.90.